The van der Waals surface area contributed by atoms with Crippen molar-refractivity contribution in [2.75, 3.05) is 7.11 Å². The molecule has 1 amide bonds. The SMILES string of the molecule is COc1ccccc1-c1cc(=O)n(CC(=O)NCc2ccc(F)cc2)c2c1CCCC2. The van der Waals surface area contributed by atoms with Gasteiger partial charge in [0, 0.05) is 23.9 Å². The second-order valence-corrected chi connectivity index (χ2v) is 7.72. The van der Waals surface area contributed by atoms with E-state index < -0.39 is 0 Å². The summed E-state index contributed by atoms with van der Waals surface area (Å²) in [6.45, 7) is 0.254. The molecule has 0 bridgehead atoms. The highest BCUT2D eigenvalue weighted by molar-refractivity contribution is 5.77. The number of pyridine rings is 1. The Kier molecular flexibility index (Phi) is 6.16. The number of benzene rings is 2. The van der Waals surface area contributed by atoms with E-state index in [0.717, 1.165) is 59.4 Å². The van der Waals surface area contributed by atoms with Gasteiger partial charge >= 0.3 is 0 Å². The largest absolute Gasteiger partial charge is 0.496 e. The highest BCUT2D eigenvalue weighted by Crippen LogP contribution is 2.35. The molecule has 160 valence electrons. The van der Waals surface area contributed by atoms with E-state index in [1.165, 1.54) is 12.1 Å². The van der Waals surface area contributed by atoms with Gasteiger partial charge in [0.2, 0.25) is 5.91 Å². The second kappa shape index (κ2) is 9.16. The zero-order valence-corrected chi connectivity index (χ0v) is 17.5. The standard InChI is InChI=1S/C25H25FN2O3/c1-31-23-9-5-3-7-20(23)21-14-25(30)28(22-8-4-2-6-19(21)22)16-24(29)27-15-17-10-12-18(26)13-11-17/h3,5,7,9-14H,2,4,6,8,15-16H2,1H3,(H,27,29). The monoisotopic (exact) mass is 420 g/mol. The molecule has 0 fully saturated rings. The van der Waals surface area contributed by atoms with Gasteiger partial charge in [-0.1, -0.05) is 30.3 Å². The van der Waals surface area contributed by atoms with E-state index >= 15 is 0 Å². The predicted octanol–water partition coefficient (Wildman–Crippen LogP) is 3.86. The third kappa shape index (κ3) is 4.53. The number of para-hydroxylation sites is 1. The number of nitrogens with zero attached hydrogens (tertiary/aromatic N) is 1. The van der Waals surface area contributed by atoms with Gasteiger partial charge in [-0.25, -0.2) is 4.39 Å². The molecule has 1 heterocycles. The Hall–Kier alpha value is -3.41. The van der Waals surface area contributed by atoms with Crippen LogP contribution < -0.4 is 15.6 Å². The van der Waals surface area contributed by atoms with Gasteiger partial charge in [-0.05, 0) is 60.6 Å². The lowest BCUT2D eigenvalue weighted by Gasteiger charge is -2.24. The summed E-state index contributed by atoms with van der Waals surface area (Å²) in [4.78, 5) is 25.6. The molecule has 0 aliphatic heterocycles. The van der Waals surface area contributed by atoms with E-state index in [9.17, 15) is 14.0 Å². The van der Waals surface area contributed by atoms with Crippen molar-refractivity contribution < 1.29 is 13.9 Å². The Morgan fingerprint density at radius 2 is 1.81 bits per heavy atom. The summed E-state index contributed by atoms with van der Waals surface area (Å²) in [6, 6.07) is 15.3. The van der Waals surface area contributed by atoms with Crippen LogP contribution in [-0.4, -0.2) is 17.6 Å². The van der Waals surface area contributed by atoms with Crippen molar-refractivity contribution in [1.82, 2.24) is 9.88 Å². The van der Waals surface area contributed by atoms with Crippen molar-refractivity contribution in [3.8, 4) is 16.9 Å². The van der Waals surface area contributed by atoms with Crippen LogP contribution in [0.15, 0.2) is 59.4 Å². The lowest BCUT2D eigenvalue weighted by molar-refractivity contribution is -0.121. The van der Waals surface area contributed by atoms with Gasteiger partial charge in [0.05, 0.1) is 7.11 Å². The van der Waals surface area contributed by atoms with E-state index in [1.54, 1.807) is 29.9 Å². The number of methoxy groups -OCH3 is 1. The number of aromatic nitrogens is 1. The third-order valence-electron chi connectivity index (χ3n) is 5.73. The maximum Gasteiger partial charge on any atom is 0.251 e. The van der Waals surface area contributed by atoms with Crippen molar-refractivity contribution in [3.05, 3.63) is 87.6 Å². The summed E-state index contributed by atoms with van der Waals surface area (Å²) in [6.07, 6.45) is 3.65. The molecule has 5 nitrogen and oxygen atoms in total. The average molecular weight is 420 g/mol. The second-order valence-electron chi connectivity index (χ2n) is 7.72. The zero-order valence-electron chi connectivity index (χ0n) is 17.5. The van der Waals surface area contributed by atoms with Gasteiger partial charge < -0.3 is 14.6 Å². The van der Waals surface area contributed by atoms with Crippen LogP contribution in [-0.2, 0) is 30.7 Å². The Balaban J connectivity index is 1.62. The van der Waals surface area contributed by atoms with E-state index in [-0.39, 0.29) is 30.4 Å². The molecular formula is C25H25FN2O3. The van der Waals surface area contributed by atoms with Crippen molar-refractivity contribution >= 4 is 5.91 Å². The van der Waals surface area contributed by atoms with Crippen LogP contribution >= 0.6 is 0 Å². The van der Waals surface area contributed by atoms with Crippen LogP contribution in [0.5, 0.6) is 5.75 Å². The number of fused-ring (bicyclic) bond motifs is 1. The van der Waals surface area contributed by atoms with Crippen LogP contribution in [0.3, 0.4) is 0 Å². The molecule has 1 aromatic heterocycles. The molecule has 0 spiro atoms. The van der Waals surface area contributed by atoms with Gasteiger partial charge in [0.15, 0.2) is 0 Å². The first-order valence-corrected chi connectivity index (χ1v) is 10.5. The quantitative estimate of drug-likeness (QED) is 0.659. The minimum Gasteiger partial charge on any atom is -0.496 e. The maximum absolute atomic E-state index is 13.0. The molecule has 1 N–H and O–H groups in total. The number of rotatable bonds is 6. The predicted molar refractivity (Wildman–Crippen MR) is 118 cm³/mol. The zero-order chi connectivity index (χ0) is 21.8. The van der Waals surface area contributed by atoms with Gasteiger partial charge in [-0.15, -0.1) is 0 Å². The maximum atomic E-state index is 13.0. The highest BCUT2D eigenvalue weighted by Gasteiger charge is 2.22. The van der Waals surface area contributed by atoms with Crippen LogP contribution in [0.25, 0.3) is 11.1 Å². The minimum absolute atomic E-state index is 0.0332. The molecular weight excluding hydrogens is 395 g/mol. The van der Waals surface area contributed by atoms with Crippen LogP contribution in [0.1, 0.15) is 29.7 Å². The topological polar surface area (TPSA) is 60.3 Å². The number of hydrogen-bond donors (Lipinski definition) is 1. The first-order valence-electron chi connectivity index (χ1n) is 10.5. The number of halogens is 1. The van der Waals surface area contributed by atoms with Crippen LogP contribution in [0, 0.1) is 5.82 Å². The summed E-state index contributed by atoms with van der Waals surface area (Å²) in [5.74, 6) is 0.164. The van der Waals surface area contributed by atoms with E-state index in [1.807, 2.05) is 24.3 Å². The van der Waals surface area contributed by atoms with Crippen LogP contribution in [0.4, 0.5) is 4.39 Å². The summed E-state index contributed by atoms with van der Waals surface area (Å²) in [5.41, 5.74) is 4.43. The molecule has 0 saturated carbocycles. The molecule has 1 aliphatic rings. The Bertz CT molecular complexity index is 1150. The van der Waals surface area contributed by atoms with E-state index in [2.05, 4.69) is 5.32 Å². The van der Waals surface area contributed by atoms with Gasteiger partial charge in [-0.2, -0.15) is 0 Å². The smallest absolute Gasteiger partial charge is 0.251 e. The molecule has 0 radical (unpaired) electrons. The average Bonchev–Trinajstić information content (AvgIpc) is 2.80. The fraction of sp³-hybridized carbons (Fsp3) is 0.280. The van der Waals surface area contributed by atoms with E-state index in [0.29, 0.717) is 0 Å². The number of nitrogens with one attached hydrogen (secondary N) is 1. The van der Waals surface area contributed by atoms with Crippen LogP contribution in [0.2, 0.25) is 0 Å². The lowest BCUT2D eigenvalue weighted by Crippen LogP contribution is -2.35. The first-order chi connectivity index (χ1) is 15.1. The minimum atomic E-state index is -0.316. The Labute approximate surface area is 180 Å². The molecule has 31 heavy (non-hydrogen) atoms. The number of hydrogen-bond acceptors (Lipinski definition) is 3. The normalized spacial score (nSPS) is 12.8. The Morgan fingerprint density at radius 1 is 1.06 bits per heavy atom. The van der Waals surface area contributed by atoms with Crippen molar-refractivity contribution in [2.24, 2.45) is 0 Å². The number of ether oxygens (including phenoxy) is 1. The summed E-state index contributed by atoms with van der Waals surface area (Å²) in [7, 11) is 1.62. The Morgan fingerprint density at radius 3 is 2.58 bits per heavy atom. The first kappa shape index (κ1) is 20.8. The molecule has 2 aromatic carbocycles. The van der Waals surface area contributed by atoms with Crippen molar-refractivity contribution in [3.63, 3.8) is 0 Å². The highest BCUT2D eigenvalue weighted by atomic mass is 19.1. The molecule has 4 rings (SSSR count). The summed E-state index contributed by atoms with van der Waals surface area (Å²) in [5, 5.41) is 2.82. The van der Waals surface area contributed by atoms with Gasteiger partial charge in [0.25, 0.3) is 5.56 Å². The molecule has 6 heteroatoms. The number of amides is 1. The fourth-order valence-electron chi connectivity index (χ4n) is 4.18. The number of carbonyl (C=O) groups excluding carboxylic acids is 1. The number of carbonyl (C=O) groups is 1. The van der Waals surface area contributed by atoms with Gasteiger partial charge in [-0.3, -0.25) is 9.59 Å². The molecule has 3 aromatic rings. The summed E-state index contributed by atoms with van der Waals surface area (Å²) >= 11 is 0. The third-order valence-corrected chi connectivity index (χ3v) is 5.73. The van der Waals surface area contributed by atoms with Gasteiger partial charge in [0.1, 0.15) is 18.1 Å². The lowest BCUT2D eigenvalue weighted by atomic mass is 9.88. The molecule has 0 unspecified atom stereocenters. The summed E-state index contributed by atoms with van der Waals surface area (Å²) < 4.78 is 20.1. The molecule has 0 saturated heterocycles. The van der Waals surface area contributed by atoms with Crippen molar-refractivity contribution in [1.29, 1.82) is 0 Å². The fourth-order valence-corrected chi connectivity index (χ4v) is 4.18. The molecule has 1 aliphatic carbocycles. The molecule has 0 atom stereocenters. The van der Waals surface area contributed by atoms with E-state index in [4.69, 9.17) is 4.74 Å². The van der Waals surface area contributed by atoms with Crippen molar-refractivity contribution in [2.45, 2.75) is 38.8 Å².